The minimum Gasteiger partial charge on any atom is -0.462 e. The highest BCUT2D eigenvalue weighted by Crippen LogP contribution is 2.19. The smallest absolute Gasteiger partial charge is 0.306 e. The molecule has 0 aromatic carbocycles. The number of ether oxygens (including phenoxy) is 2. The Morgan fingerprint density at radius 2 is 0.807 bits per heavy atom. The lowest BCUT2D eigenvalue weighted by atomic mass is 10.0. The van der Waals surface area contributed by atoms with E-state index >= 15 is 0 Å². The number of rotatable bonds is 46. The first kappa shape index (κ1) is 56.2. The van der Waals surface area contributed by atoms with Gasteiger partial charge in [0.05, 0.1) is 0 Å². The van der Waals surface area contributed by atoms with Crippen LogP contribution in [0, 0.1) is 0 Å². The van der Waals surface area contributed by atoms with Gasteiger partial charge in [0.15, 0.2) is 0 Å². The molecule has 8 heteroatoms. The van der Waals surface area contributed by atoms with E-state index in [1.54, 1.807) is 12.1 Å². The van der Waals surface area contributed by atoms with Gasteiger partial charge in [0.2, 0.25) is 0 Å². The number of unbranched alkanes of at least 4 members (excludes halogenated alkanes) is 23. The second kappa shape index (κ2) is 44.7. The summed E-state index contributed by atoms with van der Waals surface area (Å²) in [5.74, 6) is 0.0410. The molecule has 0 aliphatic heterocycles. The minimum absolute atomic E-state index is 0.00576. The molecule has 0 aromatic rings. The van der Waals surface area contributed by atoms with Crippen molar-refractivity contribution in [1.82, 2.24) is 13.9 Å². The van der Waals surface area contributed by atoms with E-state index in [4.69, 9.17) is 9.47 Å². The molecule has 0 amide bonds. The highest BCUT2D eigenvalue weighted by atomic mass is 32.2. The van der Waals surface area contributed by atoms with Crippen LogP contribution in [0.3, 0.4) is 0 Å². The van der Waals surface area contributed by atoms with Crippen LogP contribution >= 0.6 is 12.1 Å². The molecule has 0 spiro atoms. The van der Waals surface area contributed by atoms with E-state index in [2.05, 4.69) is 55.7 Å². The summed E-state index contributed by atoms with van der Waals surface area (Å²) in [6.07, 6.45) is 41.2. The van der Waals surface area contributed by atoms with Gasteiger partial charge >= 0.3 is 11.9 Å². The zero-order valence-corrected chi connectivity index (χ0v) is 40.0. The van der Waals surface area contributed by atoms with Crippen LogP contribution in [0.4, 0.5) is 0 Å². The van der Waals surface area contributed by atoms with Gasteiger partial charge < -0.3 is 14.4 Å². The van der Waals surface area contributed by atoms with Gasteiger partial charge in [0.25, 0.3) is 0 Å². The molecule has 7 nitrogen and oxygen atoms in total. The van der Waals surface area contributed by atoms with Crippen LogP contribution in [0.15, 0.2) is 0 Å². The first-order valence-electron chi connectivity index (χ1n) is 25.0. The molecule has 340 valence electrons. The molecular weight excluding hydrogens is 727 g/mol. The summed E-state index contributed by atoms with van der Waals surface area (Å²) in [4.78, 5) is 28.0. The predicted octanol–water partition coefficient (Wildman–Crippen LogP) is 14.6. The van der Waals surface area contributed by atoms with E-state index in [1.807, 2.05) is 0 Å². The molecule has 1 N–H and O–H groups in total. The lowest BCUT2D eigenvalue weighted by molar-refractivity contribution is -0.150. The maximum Gasteiger partial charge on any atom is 0.306 e. The van der Waals surface area contributed by atoms with Gasteiger partial charge in [0.1, 0.15) is 12.2 Å². The molecule has 0 bridgehead atoms. The van der Waals surface area contributed by atoms with Crippen LogP contribution in [-0.2, 0) is 19.1 Å². The van der Waals surface area contributed by atoms with Gasteiger partial charge in [-0.1, -0.05) is 163 Å². The second-order valence-electron chi connectivity index (χ2n) is 17.3. The van der Waals surface area contributed by atoms with Gasteiger partial charge in [-0.2, -0.15) is 0 Å². The van der Waals surface area contributed by atoms with Crippen molar-refractivity contribution in [2.45, 2.75) is 265 Å². The molecule has 0 saturated carbocycles. The first-order chi connectivity index (χ1) is 27.9. The van der Waals surface area contributed by atoms with Crippen LogP contribution in [0.1, 0.15) is 252 Å². The maximum atomic E-state index is 12.8. The number of carbonyl (C=O) groups excluding carboxylic acids is 2. The third-order valence-corrected chi connectivity index (χ3v) is 12.1. The van der Waals surface area contributed by atoms with Crippen LogP contribution < -0.4 is 4.72 Å². The summed E-state index contributed by atoms with van der Waals surface area (Å²) in [6, 6.07) is 0. The van der Waals surface area contributed by atoms with Crippen LogP contribution in [0.2, 0.25) is 0 Å². The van der Waals surface area contributed by atoms with Crippen molar-refractivity contribution in [3.05, 3.63) is 0 Å². The Bertz CT molecular complexity index is 831. The maximum absolute atomic E-state index is 12.8. The van der Waals surface area contributed by atoms with Crippen molar-refractivity contribution in [1.29, 1.82) is 0 Å². The van der Waals surface area contributed by atoms with E-state index in [1.165, 1.54) is 154 Å². The fourth-order valence-corrected chi connectivity index (χ4v) is 8.20. The SMILES string of the molecule is CCCCCCCCC(CC)OC(=O)CCCCCCCN(CCCCCCCC(=O)OC(CCCCCCCC)CCCCCCCC)CCCNSN(C)C. The van der Waals surface area contributed by atoms with Crippen molar-refractivity contribution >= 4 is 24.1 Å². The number of nitrogens with one attached hydrogen (secondary N) is 1. The lowest BCUT2D eigenvalue weighted by Crippen LogP contribution is -2.29. The molecule has 0 aliphatic carbocycles. The average molecular weight is 826 g/mol. The summed E-state index contributed by atoms with van der Waals surface area (Å²) in [5, 5.41) is 0. The molecule has 0 saturated heterocycles. The normalized spacial score (nSPS) is 12.3. The number of nitrogens with zero attached hydrogens (tertiary/aromatic N) is 2. The van der Waals surface area contributed by atoms with Gasteiger partial charge in [0, 0.05) is 31.5 Å². The van der Waals surface area contributed by atoms with Crippen molar-refractivity contribution in [3.63, 3.8) is 0 Å². The Morgan fingerprint density at radius 1 is 0.456 bits per heavy atom. The van der Waals surface area contributed by atoms with E-state index in [0.29, 0.717) is 12.8 Å². The zero-order chi connectivity index (χ0) is 41.9. The number of hydrogen-bond donors (Lipinski definition) is 1. The average Bonchev–Trinajstić information content (AvgIpc) is 3.19. The lowest BCUT2D eigenvalue weighted by Gasteiger charge is -2.22. The molecule has 0 rings (SSSR count). The van der Waals surface area contributed by atoms with E-state index in [-0.39, 0.29) is 24.1 Å². The first-order valence-corrected chi connectivity index (χ1v) is 25.8. The van der Waals surface area contributed by atoms with Crippen molar-refractivity contribution in [2.24, 2.45) is 0 Å². The molecule has 0 heterocycles. The topological polar surface area (TPSA) is 71.1 Å². The molecule has 0 radical (unpaired) electrons. The van der Waals surface area contributed by atoms with E-state index in [0.717, 1.165) is 84.0 Å². The van der Waals surface area contributed by atoms with Gasteiger partial charge in [-0.15, -0.1) is 0 Å². The fourth-order valence-electron chi connectivity index (χ4n) is 7.71. The Morgan fingerprint density at radius 3 is 1.23 bits per heavy atom. The monoisotopic (exact) mass is 826 g/mol. The van der Waals surface area contributed by atoms with Crippen molar-refractivity contribution in [3.8, 4) is 0 Å². The molecule has 0 aliphatic rings. The van der Waals surface area contributed by atoms with Crippen LogP contribution in [0.25, 0.3) is 0 Å². The second-order valence-corrected chi connectivity index (χ2v) is 18.5. The van der Waals surface area contributed by atoms with Gasteiger partial charge in [-0.3, -0.25) is 14.3 Å². The Kier molecular flexibility index (Phi) is 44.1. The summed E-state index contributed by atoms with van der Waals surface area (Å²) >= 11 is 1.67. The van der Waals surface area contributed by atoms with Crippen molar-refractivity contribution < 1.29 is 19.1 Å². The predicted molar refractivity (Wildman–Crippen MR) is 250 cm³/mol. The largest absolute Gasteiger partial charge is 0.462 e. The minimum atomic E-state index is 0.00576. The Balaban J connectivity index is 4.37. The fraction of sp³-hybridized carbons (Fsp3) is 0.959. The van der Waals surface area contributed by atoms with Crippen LogP contribution in [0.5, 0.6) is 0 Å². The van der Waals surface area contributed by atoms with Crippen molar-refractivity contribution in [2.75, 3.05) is 40.3 Å². The van der Waals surface area contributed by atoms with E-state index in [9.17, 15) is 9.59 Å². The molecular formula is C49H99N3O4S. The highest BCUT2D eigenvalue weighted by Gasteiger charge is 2.15. The van der Waals surface area contributed by atoms with Crippen LogP contribution in [-0.4, -0.2) is 73.6 Å². The number of hydrogen-bond acceptors (Lipinski definition) is 8. The highest BCUT2D eigenvalue weighted by molar-refractivity contribution is 7.95. The summed E-state index contributed by atoms with van der Waals surface area (Å²) < 4.78 is 17.5. The molecule has 1 unspecified atom stereocenters. The summed E-state index contributed by atoms with van der Waals surface area (Å²) in [5.41, 5.74) is 0. The Labute approximate surface area is 360 Å². The van der Waals surface area contributed by atoms with Gasteiger partial charge in [-0.25, -0.2) is 4.31 Å². The quantitative estimate of drug-likeness (QED) is 0.0370. The number of esters is 2. The third kappa shape index (κ3) is 41.7. The molecule has 0 fully saturated rings. The molecule has 0 aromatic heterocycles. The van der Waals surface area contributed by atoms with Gasteiger partial charge in [-0.05, 0) is 111 Å². The standard InChI is InChI=1S/C49H99N3O4S/c1-7-11-14-17-22-29-37-46(10-4)55-48(53)40-32-25-20-27-34-43-52(45-36-42-50-57-51(5)6)44-35-28-21-26-33-41-49(54)56-47(38-30-23-18-15-12-8-2)39-31-24-19-16-13-9-3/h46-47,50H,7-45H2,1-6H3. The molecule has 57 heavy (non-hydrogen) atoms. The van der Waals surface area contributed by atoms with E-state index < -0.39 is 0 Å². The summed E-state index contributed by atoms with van der Waals surface area (Å²) in [6.45, 7) is 13.4. The molecule has 1 atom stereocenters. The third-order valence-electron chi connectivity index (χ3n) is 11.4. The Hall–Kier alpha value is -0.830. The summed E-state index contributed by atoms with van der Waals surface area (Å²) in [7, 11) is 4.14. The number of carbonyl (C=O) groups is 2. The zero-order valence-electron chi connectivity index (χ0n) is 39.2.